The molecule has 0 aliphatic rings. The largest absolute Gasteiger partial charge is 0.479 e. The Balaban J connectivity index is 2.90. The lowest BCUT2D eigenvalue weighted by Gasteiger charge is -2.31. The van der Waals surface area contributed by atoms with Crippen molar-refractivity contribution in [1.82, 2.24) is 5.32 Å². The Morgan fingerprint density at radius 2 is 1.83 bits per heavy atom. The molecule has 0 heterocycles. The van der Waals surface area contributed by atoms with E-state index in [2.05, 4.69) is 5.32 Å². The Kier molecular flexibility index (Phi) is 6.90. The summed E-state index contributed by atoms with van der Waals surface area (Å²) in [5, 5.41) is 3.72. The molecular formula is C17H23Cl2NO3. The molecule has 23 heavy (non-hydrogen) atoms. The van der Waals surface area contributed by atoms with Crippen molar-refractivity contribution in [2.75, 3.05) is 0 Å². The van der Waals surface area contributed by atoms with Gasteiger partial charge in [0, 0.05) is 5.02 Å². The van der Waals surface area contributed by atoms with E-state index < -0.39 is 11.6 Å². The van der Waals surface area contributed by atoms with Crippen LogP contribution in [0.5, 0.6) is 5.75 Å². The van der Waals surface area contributed by atoms with E-state index in [1.54, 1.807) is 26.0 Å². The molecule has 0 saturated heterocycles. The van der Waals surface area contributed by atoms with Crippen LogP contribution in [0.4, 0.5) is 0 Å². The Morgan fingerprint density at radius 3 is 2.30 bits per heavy atom. The molecule has 1 aromatic rings. The van der Waals surface area contributed by atoms with Crippen molar-refractivity contribution < 1.29 is 14.3 Å². The fourth-order valence-corrected chi connectivity index (χ4v) is 2.74. The van der Waals surface area contributed by atoms with Gasteiger partial charge in [0.1, 0.15) is 5.75 Å². The molecule has 4 nitrogen and oxygen atoms in total. The number of amides is 1. The molecule has 1 rings (SSSR count). The molecule has 0 bridgehead atoms. The van der Waals surface area contributed by atoms with Crippen LogP contribution >= 0.6 is 23.2 Å². The van der Waals surface area contributed by atoms with Crippen molar-refractivity contribution in [3.8, 4) is 5.75 Å². The van der Waals surface area contributed by atoms with Gasteiger partial charge in [-0.2, -0.15) is 0 Å². The molecule has 1 unspecified atom stereocenters. The maximum Gasteiger partial charge on any atom is 0.261 e. The Hall–Kier alpha value is -1.26. The van der Waals surface area contributed by atoms with Gasteiger partial charge in [-0.1, -0.05) is 37.0 Å². The summed E-state index contributed by atoms with van der Waals surface area (Å²) in [5.74, 6) is -0.0337. The van der Waals surface area contributed by atoms with E-state index in [4.69, 9.17) is 27.9 Å². The minimum absolute atomic E-state index is 0.0663. The van der Waals surface area contributed by atoms with Crippen LogP contribution in [0.15, 0.2) is 12.1 Å². The summed E-state index contributed by atoms with van der Waals surface area (Å²) in [5.41, 5.74) is -0.160. The molecule has 6 heteroatoms. The zero-order valence-electron chi connectivity index (χ0n) is 14.1. The van der Waals surface area contributed by atoms with Crippen molar-refractivity contribution >= 4 is 34.9 Å². The molecule has 1 N–H and O–H groups in total. The lowest BCUT2D eigenvalue weighted by molar-refractivity contribution is -0.135. The first kappa shape index (κ1) is 19.8. The van der Waals surface area contributed by atoms with Crippen molar-refractivity contribution in [1.29, 1.82) is 0 Å². The van der Waals surface area contributed by atoms with Crippen LogP contribution < -0.4 is 10.1 Å². The maximum atomic E-state index is 12.4. The van der Waals surface area contributed by atoms with Crippen molar-refractivity contribution in [2.24, 2.45) is 0 Å². The zero-order valence-corrected chi connectivity index (χ0v) is 15.6. The first-order valence-electron chi connectivity index (χ1n) is 7.62. The molecule has 0 spiro atoms. The van der Waals surface area contributed by atoms with Crippen LogP contribution in [0.2, 0.25) is 10.0 Å². The fourth-order valence-electron chi connectivity index (χ4n) is 2.32. The van der Waals surface area contributed by atoms with Crippen LogP contribution in [0.3, 0.4) is 0 Å². The number of ether oxygens (including phenoxy) is 1. The molecular weight excluding hydrogens is 337 g/mol. The van der Waals surface area contributed by atoms with Gasteiger partial charge in [-0.05, 0) is 51.3 Å². The van der Waals surface area contributed by atoms with E-state index >= 15 is 0 Å². The van der Waals surface area contributed by atoms with Gasteiger partial charge in [-0.15, -0.1) is 0 Å². The molecule has 0 aliphatic carbocycles. The number of carbonyl (C=O) groups is 2. The van der Waals surface area contributed by atoms with Gasteiger partial charge in [-0.3, -0.25) is 9.59 Å². The van der Waals surface area contributed by atoms with Crippen LogP contribution in [0, 0.1) is 6.92 Å². The van der Waals surface area contributed by atoms with Gasteiger partial charge < -0.3 is 10.1 Å². The monoisotopic (exact) mass is 359 g/mol. The molecule has 128 valence electrons. The average Bonchev–Trinajstić information content (AvgIpc) is 2.52. The second-order valence-electron chi connectivity index (χ2n) is 5.58. The van der Waals surface area contributed by atoms with Gasteiger partial charge in [0.05, 0.1) is 10.6 Å². The third kappa shape index (κ3) is 4.39. The quantitative estimate of drug-likeness (QED) is 0.787. The SMILES string of the molecule is CCC(CC)(NC(=O)C(C)Oc1ccc(Cl)c(C)c1Cl)C(C)=O. The lowest BCUT2D eigenvalue weighted by atomic mass is 9.88. The van der Waals surface area contributed by atoms with Crippen molar-refractivity contribution in [2.45, 2.75) is 59.1 Å². The number of Topliss-reactive ketones (excluding diaryl/α,β-unsaturated/α-hetero) is 1. The van der Waals surface area contributed by atoms with E-state index in [9.17, 15) is 9.59 Å². The van der Waals surface area contributed by atoms with E-state index in [0.717, 1.165) is 0 Å². The molecule has 0 aromatic heterocycles. The highest BCUT2D eigenvalue weighted by atomic mass is 35.5. The van der Waals surface area contributed by atoms with Gasteiger partial charge in [0.2, 0.25) is 0 Å². The highest BCUT2D eigenvalue weighted by Crippen LogP contribution is 2.33. The predicted molar refractivity (Wildman–Crippen MR) is 93.4 cm³/mol. The van der Waals surface area contributed by atoms with Crippen molar-refractivity contribution in [3.05, 3.63) is 27.7 Å². The van der Waals surface area contributed by atoms with Gasteiger partial charge in [-0.25, -0.2) is 0 Å². The maximum absolute atomic E-state index is 12.4. The standard InChI is InChI=1S/C17H23Cl2NO3/c1-6-17(7-2,12(5)21)20-16(22)11(4)23-14-9-8-13(18)10(3)15(14)19/h8-9,11H,6-7H2,1-5H3,(H,20,22). The number of hydrogen-bond acceptors (Lipinski definition) is 3. The predicted octanol–water partition coefficient (Wildman–Crippen LogP) is 4.33. The number of nitrogens with one attached hydrogen (secondary N) is 1. The number of benzene rings is 1. The smallest absolute Gasteiger partial charge is 0.261 e. The third-order valence-corrected chi connectivity index (χ3v) is 5.08. The summed E-state index contributed by atoms with van der Waals surface area (Å²) in [6.07, 6.45) is 0.265. The van der Waals surface area contributed by atoms with Crippen LogP contribution in [0.1, 0.15) is 46.1 Å². The summed E-state index contributed by atoms with van der Waals surface area (Å²) in [6, 6.07) is 3.29. The molecule has 0 fully saturated rings. The summed E-state index contributed by atoms with van der Waals surface area (Å²) in [4.78, 5) is 24.3. The van der Waals surface area contributed by atoms with E-state index in [1.165, 1.54) is 6.92 Å². The summed E-state index contributed by atoms with van der Waals surface area (Å²) < 4.78 is 5.64. The minimum atomic E-state index is -0.853. The van der Waals surface area contributed by atoms with Crippen LogP contribution in [-0.2, 0) is 9.59 Å². The van der Waals surface area contributed by atoms with E-state index in [0.29, 0.717) is 34.2 Å². The number of carbonyl (C=O) groups excluding carboxylic acids is 2. The fraction of sp³-hybridized carbons (Fsp3) is 0.529. The molecule has 1 aromatic carbocycles. The number of halogens is 2. The average molecular weight is 360 g/mol. The third-order valence-electron chi connectivity index (χ3n) is 4.20. The Labute approximate surface area is 147 Å². The number of ketones is 1. The minimum Gasteiger partial charge on any atom is -0.479 e. The van der Waals surface area contributed by atoms with E-state index in [1.807, 2.05) is 13.8 Å². The number of rotatable bonds is 7. The normalized spacial score (nSPS) is 12.7. The number of hydrogen-bond donors (Lipinski definition) is 1. The Bertz CT molecular complexity index is 598. The van der Waals surface area contributed by atoms with Gasteiger partial charge >= 0.3 is 0 Å². The molecule has 1 amide bonds. The zero-order chi connectivity index (χ0) is 17.8. The first-order valence-corrected chi connectivity index (χ1v) is 8.38. The topological polar surface area (TPSA) is 55.4 Å². The van der Waals surface area contributed by atoms with E-state index in [-0.39, 0.29) is 11.7 Å². The van der Waals surface area contributed by atoms with Crippen LogP contribution in [0.25, 0.3) is 0 Å². The summed E-state index contributed by atoms with van der Waals surface area (Å²) in [6.45, 7) is 8.62. The second-order valence-corrected chi connectivity index (χ2v) is 6.36. The highest BCUT2D eigenvalue weighted by Gasteiger charge is 2.34. The molecule has 1 atom stereocenters. The molecule has 0 saturated carbocycles. The Morgan fingerprint density at radius 1 is 1.26 bits per heavy atom. The molecule has 0 aliphatic heterocycles. The van der Waals surface area contributed by atoms with Gasteiger partial charge in [0.25, 0.3) is 5.91 Å². The van der Waals surface area contributed by atoms with Crippen LogP contribution in [-0.4, -0.2) is 23.3 Å². The summed E-state index contributed by atoms with van der Waals surface area (Å²) in [7, 11) is 0. The van der Waals surface area contributed by atoms with Gasteiger partial charge in [0.15, 0.2) is 11.9 Å². The van der Waals surface area contributed by atoms with Crippen molar-refractivity contribution in [3.63, 3.8) is 0 Å². The molecule has 0 radical (unpaired) electrons. The first-order chi connectivity index (χ1) is 10.7. The highest BCUT2D eigenvalue weighted by molar-refractivity contribution is 6.36. The second kappa shape index (κ2) is 8.02. The lowest BCUT2D eigenvalue weighted by Crippen LogP contribution is -2.55. The summed E-state index contributed by atoms with van der Waals surface area (Å²) >= 11 is 12.2.